The summed E-state index contributed by atoms with van der Waals surface area (Å²) in [6, 6.07) is 28.0. The Bertz CT molecular complexity index is 1230. The van der Waals surface area contributed by atoms with E-state index in [0.717, 1.165) is 24.2 Å². The number of rotatable bonds is 3. The fourth-order valence-electron chi connectivity index (χ4n) is 4.57. The molecule has 1 atom stereocenters. The Balaban J connectivity index is 1.56. The first-order chi connectivity index (χ1) is 14.2. The van der Waals surface area contributed by atoms with E-state index in [2.05, 4.69) is 77.3 Å². The molecule has 0 saturated heterocycles. The molecule has 29 heavy (non-hydrogen) atoms. The normalized spacial score (nSPS) is 16.5. The van der Waals surface area contributed by atoms with E-state index in [-0.39, 0.29) is 0 Å². The maximum Gasteiger partial charge on any atom is 0.0995 e. The SMILES string of the molecule is CN1Cc2ccccc2C(c2ccc3ccn(Cc4ccccc4C#N)c3c2)C1. The van der Waals surface area contributed by atoms with Crippen LogP contribution in [0, 0.1) is 11.3 Å². The Labute approximate surface area is 171 Å². The van der Waals surface area contributed by atoms with Gasteiger partial charge in [0.15, 0.2) is 0 Å². The van der Waals surface area contributed by atoms with Crippen LogP contribution in [0.15, 0.2) is 79.0 Å². The molecule has 3 heteroatoms. The van der Waals surface area contributed by atoms with Crippen molar-refractivity contribution in [1.29, 1.82) is 5.26 Å². The standard InChI is InChI=1S/C26H23N3/c1-28-16-23-8-4-5-9-24(23)25(18-28)20-11-10-19-12-13-29(26(19)14-20)17-22-7-3-2-6-21(22)15-27/h2-14,25H,16-18H2,1H3. The lowest BCUT2D eigenvalue weighted by molar-refractivity contribution is 0.295. The number of hydrogen-bond donors (Lipinski definition) is 0. The van der Waals surface area contributed by atoms with Crippen LogP contribution in [0.1, 0.15) is 33.7 Å². The molecule has 1 aliphatic heterocycles. The molecule has 1 unspecified atom stereocenters. The van der Waals surface area contributed by atoms with Crippen LogP contribution in [0.3, 0.4) is 0 Å². The maximum atomic E-state index is 9.43. The average Bonchev–Trinajstić information content (AvgIpc) is 3.15. The minimum Gasteiger partial charge on any atom is -0.343 e. The van der Waals surface area contributed by atoms with E-state index in [0.29, 0.717) is 12.5 Å². The molecule has 1 aliphatic rings. The Kier molecular flexibility index (Phi) is 4.42. The van der Waals surface area contributed by atoms with Crippen molar-refractivity contribution in [2.24, 2.45) is 0 Å². The molecule has 0 bridgehead atoms. The topological polar surface area (TPSA) is 32.0 Å². The largest absolute Gasteiger partial charge is 0.343 e. The van der Waals surface area contributed by atoms with Gasteiger partial charge in [0, 0.05) is 37.3 Å². The van der Waals surface area contributed by atoms with Gasteiger partial charge >= 0.3 is 0 Å². The van der Waals surface area contributed by atoms with E-state index < -0.39 is 0 Å². The zero-order valence-electron chi connectivity index (χ0n) is 16.5. The average molecular weight is 377 g/mol. The first-order valence-electron chi connectivity index (χ1n) is 10.1. The number of nitrogens with zero attached hydrogens (tertiary/aromatic N) is 3. The van der Waals surface area contributed by atoms with Gasteiger partial charge in [0.25, 0.3) is 0 Å². The highest BCUT2D eigenvalue weighted by atomic mass is 15.1. The summed E-state index contributed by atoms with van der Waals surface area (Å²) < 4.78 is 2.26. The van der Waals surface area contributed by atoms with Gasteiger partial charge in [0.2, 0.25) is 0 Å². The van der Waals surface area contributed by atoms with Crippen LogP contribution in [0.4, 0.5) is 0 Å². The summed E-state index contributed by atoms with van der Waals surface area (Å²) in [5.41, 5.74) is 7.24. The monoisotopic (exact) mass is 377 g/mol. The Hall–Kier alpha value is -3.35. The zero-order valence-corrected chi connectivity index (χ0v) is 16.5. The lowest BCUT2D eigenvalue weighted by atomic mass is 9.84. The minimum absolute atomic E-state index is 0.379. The number of hydrogen-bond acceptors (Lipinski definition) is 2. The number of fused-ring (bicyclic) bond motifs is 2. The Morgan fingerprint density at radius 3 is 2.72 bits per heavy atom. The van der Waals surface area contributed by atoms with E-state index in [9.17, 15) is 5.26 Å². The van der Waals surface area contributed by atoms with Crippen LogP contribution in [0.2, 0.25) is 0 Å². The van der Waals surface area contributed by atoms with Crippen LogP contribution in [0.25, 0.3) is 10.9 Å². The first kappa shape index (κ1) is 17.7. The lowest BCUT2D eigenvalue weighted by Gasteiger charge is -2.32. The summed E-state index contributed by atoms with van der Waals surface area (Å²) in [7, 11) is 2.20. The predicted octanol–water partition coefficient (Wildman–Crippen LogP) is 5.14. The number of likely N-dealkylation sites (N-methyl/N-ethyl adjacent to an activating group) is 1. The highest BCUT2D eigenvalue weighted by molar-refractivity contribution is 5.81. The molecule has 0 spiro atoms. The molecular weight excluding hydrogens is 354 g/mol. The van der Waals surface area contributed by atoms with E-state index in [1.807, 2.05) is 24.3 Å². The van der Waals surface area contributed by atoms with E-state index in [1.54, 1.807) is 0 Å². The molecule has 0 saturated carbocycles. The predicted molar refractivity (Wildman–Crippen MR) is 117 cm³/mol. The van der Waals surface area contributed by atoms with Crippen LogP contribution in [0.5, 0.6) is 0 Å². The van der Waals surface area contributed by atoms with Gasteiger partial charge in [0.1, 0.15) is 0 Å². The van der Waals surface area contributed by atoms with Crippen LogP contribution >= 0.6 is 0 Å². The molecule has 4 aromatic rings. The molecule has 0 radical (unpaired) electrons. The highest BCUT2D eigenvalue weighted by Crippen LogP contribution is 2.34. The third-order valence-corrected chi connectivity index (χ3v) is 6.04. The quantitative estimate of drug-likeness (QED) is 0.495. The van der Waals surface area contributed by atoms with Gasteiger partial charge in [-0.2, -0.15) is 5.26 Å². The number of benzene rings is 3. The van der Waals surface area contributed by atoms with Crippen molar-refractivity contribution >= 4 is 10.9 Å². The maximum absolute atomic E-state index is 9.43. The molecule has 142 valence electrons. The number of nitriles is 1. The molecular formula is C26H23N3. The fraction of sp³-hybridized carbons (Fsp3) is 0.192. The highest BCUT2D eigenvalue weighted by Gasteiger charge is 2.24. The molecule has 0 aliphatic carbocycles. The molecule has 0 amide bonds. The summed E-state index contributed by atoms with van der Waals surface area (Å²) in [6.45, 7) is 2.74. The fourth-order valence-corrected chi connectivity index (χ4v) is 4.57. The van der Waals surface area contributed by atoms with Crippen molar-refractivity contribution in [3.63, 3.8) is 0 Å². The first-order valence-corrected chi connectivity index (χ1v) is 10.1. The van der Waals surface area contributed by atoms with Gasteiger partial charge in [-0.25, -0.2) is 0 Å². The molecule has 0 N–H and O–H groups in total. The second-order valence-electron chi connectivity index (χ2n) is 7.98. The third kappa shape index (κ3) is 3.22. The molecule has 3 aromatic carbocycles. The van der Waals surface area contributed by atoms with Crippen molar-refractivity contribution in [2.45, 2.75) is 19.0 Å². The summed E-state index contributed by atoms with van der Waals surface area (Å²) in [4.78, 5) is 2.40. The second-order valence-corrected chi connectivity index (χ2v) is 7.98. The van der Waals surface area contributed by atoms with E-state index in [4.69, 9.17) is 0 Å². The van der Waals surface area contributed by atoms with Crippen molar-refractivity contribution in [3.8, 4) is 6.07 Å². The minimum atomic E-state index is 0.379. The summed E-state index contributed by atoms with van der Waals surface area (Å²) in [5, 5.41) is 10.7. The smallest absolute Gasteiger partial charge is 0.0995 e. The van der Waals surface area contributed by atoms with Gasteiger partial charge < -0.3 is 9.47 Å². The molecule has 2 heterocycles. The lowest BCUT2D eigenvalue weighted by Crippen LogP contribution is -2.30. The summed E-state index contributed by atoms with van der Waals surface area (Å²) in [6.07, 6.45) is 2.13. The molecule has 1 aromatic heterocycles. The molecule has 0 fully saturated rings. The van der Waals surface area contributed by atoms with Crippen molar-refractivity contribution in [3.05, 3.63) is 107 Å². The van der Waals surface area contributed by atoms with Gasteiger partial charge in [-0.1, -0.05) is 54.6 Å². The van der Waals surface area contributed by atoms with Crippen LogP contribution in [-0.4, -0.2) is 23.1 Å². The second kappa shape index (κ2) is 7.24. The van der Waals surface area contributed by atoms with Gasteiger partial charge in [-0.15, -0.1) is 0 Å². The van der Waals surface area contributed by atoms with Crippen LogP contribution < -0.4 is 0 Å². The third-order valence-electron chi connectivity index (χ3n) is 6.04. The Morgan fingerprint density at radius 2 is 1.83 bits per heavy atom. The molecule has 3 nitrogen and oxygen atoms in total. The van der Waals surface area contributed by atoms with Gasteiger partial charge in [-0.05, 0) is 52.9 Å². The zero-order chi connectivity index (χ0) is 19.8. The number of aromatic nitrogens is 1. The van der Waals surface area contributed by atoms with Gasteiger partial charge in [0.05, 0.1) is 11.6 Å². The Morgan fingerprint density at radius 1 is 1.00 bits per heavy atom. The summed E-state index contributed by atoms with van der Waals surface area (Å²) in [5.74, 6) is 0.379. The summed E-state index contributed by atoms with van der Waals surface area (Å²) >= 11 is 0. The molecule has 5 rings (SSSR count). The van der Waals surface area contributed by atoms with E-state index >= 15 is 0 Å². The van der Waals surface area contributed by atoms with Crippen molar-refractivity contribution < 1.29 is 0 Å². The van der Waals surface area contributed by atoms with Crippen molar-refractivity contribution in [1.82, 2.24) is 9.47 Å². The van der Waals surface area contributed by atoms with Gasteiger partial charge in [-0.3, -0.25) is 0 Å². The van der Waals surface area contributed by atoms with Crippen molar-refractivity contribution in [2.75, 3.05) is 13.6 Å². The van der Waals surface area contributed by atoms with E-state index in [1.165, 1.54) is 27.6 Å². The van der Waals surface area contributed by atoms with Crippen LogP contribution in [-0.2, 0) is 13.1 Å².